The number of nitrogens with zero attached hydrogens (tertiary/aromatic N) is 3. The van der Waals surface area contributed by atoms with Crippen LogP contribution in [0.25, 0.3) is 0 Å². The number of likely N-dealkylation sites (N-methyl/N-ethyl adjacent to an activating group) is 1. The Balaban J connectivity index is 2.07. The van der Waals surface area contributed by atoms with Crippen LogP contribution in [0.3, 0.4) is 0 Å². The molecule has 0 saturated carbocycles. The van der Waals surface area contributed by atoms with E-state index >= 15 is 0 Å². The zero-order valence-electron chi connectivity index (χ0n) is 14.9. The monoisotopic (exact) mass is 349 g/mol. The topological polar surface area (TPSA) is 60.9 Å². The summed E-state index contributed by atoms with van der Waals surface area (Å²) in [5.41, 5.74) is 0.626. The van der Waals surface area contributed by atoms with E-state index in [0.717, 1.165) is 0 Å². The molecule has 1 saturated heterocycles. The summed E-state index contributed by atoms with van der Waals surface area (Å²) in [6.07, 6.45) is 0. The molecule has 0 bridgehead atoms. The number of amides is 3. The van der Waals surface area contributed by atoms with Crippen molar-refractivity contribution in [3.05, 3.63) is 35.6 Å². The van der Waals surface area contributed by atoms with E-state index < -0.39 is 6.04 Å². The van der Waals surface area contributed by atoms with Crippen molar-refractivity contribution in [3.8, 4) is 0 Å². The molecule has 1 aliphatic rings. The van der Waals surface area contributed by atoms with E-state index in [0.29, 0.717) is 18.7 Å². The maximum Gasteiger partial charge on any atom is 0.245 e. The summed E-state index contributed by atoms with van der Waals surface area (Å²) in [6, 6.07) is 5.24. The second kappa shape index (κ2) is 8.09. The summed E-state index contributed by atoms with van der Waals surface area (Å²) in [5.74, 6) is -1.07. The predicted octanol–water partition coefficient (Wildman–Crippen LogP) is 1.25. The number of carbonyl (C=O) groups excluding carboxylic acids is 3. The molecule has 0 aliphatic carbocycles. The van der Waals surface area contributed by atoms with Gasteiger partial charge in [0.15, 0.2) is 0 Å². The second-order valence-electron chi connectivity index (χ2n) is 6.09. The summed E-state index contributed by atoms with van der Waals surface area (Å²) in [5, 5.41) is 0. The molecule has 0 radical (unpaired) electrons. The van der Waals surface area contributed by atoms with Crippen molar-refractivity contribution in [2.24, 2.45) is 0 Å². The van der Waals surface area contributed by atoms with Gasteiger partial charge in [-0.05, 0) is 38.5 Å². The van der Waals surface area contributed by atoms with Crippen molar-refractivity contribution in [3.63, 3.8) is 0 Å². The summed E-state index contributed by atoms with van der Waals surface area (Å²) >= 11 is 0. The van der Waals surface area contributed by atoms with Gasteiger partial charge in [-0.1, -0.05) is 12.1 Å². The highest BCUT2D eigenvalue weighted by molar-refractivity contribution is 5.96. The maximum absolute atomic E-state index is 13.3. The molecule has 0 N–H and O–H groups in total. The Labute approximate surface area is 147 Å². The molecule has 1 atom stereocenters. The summed E-state index contributed by atoms with van der Waals surface area (Å²) < 4.78 is 13.3. The Morgan fingerprint density at radius 3 is 2.56 bits per heavy atom. The van der Waals surface area contributed by atoms with Gasteiger partial charge in [-0.2, -0.15) is 0 Å². The highest BCUT2D eigenvalue weighted by Crippen LogP contribution is 2.16. The van der Waals surface area contributed by atoms with Crippen molar-refractivity contribution in [2.75, 3.05) is 26.2 Å². The molecule has 1 heterocycles. The van der Waals surface area contributed by atoms with Gasteiger partial charge < -0.3 is 14.7 Å². The van der Waals surface area contributed by atoms with Crippen LogP contribution in [0.15, 0.2) is 24.3 Å². The third-order valence-corrected chi connectivity index (χ3v) is 4.47. The third kappa shape index (κ3) is 4.35. The van der Waals surface area contributed by atoms with Crippen LogP contribution >= 0.6 is 0 Å². The normalized spacial score (nSPS) is 17.8. The fraction of sp³-hybridized carbons (Fsp3) is 0.500. The van der Waals surface area contributed by atoms with E-state index in [9.17, 15) is 18.8 Å². The van der Waals surface area contributed by atoms with Crippen LogP contribution < -0.4 is 0 Å². The molecule has 0 spiro atoms. The van der Waals surface area contributed by atoms with Gasteiger partial charge in [0.05, 0.1) is 0 Å². The number of benzene rings is 1. The average Bonchev–Trinajstić information content (AvgIpc) is 2.57. The van der Waals surface area contributed by atoms with Crippen molar-refractivity contribution < 1.29 is 18.8 Å². The Bertz CT molecular complexity index is 661. The fourth-order valence-electron chi connectivity index (χ4n) is 2.98. The van der Waals surface area contributed by atoms with Gasteiger partial charge in [0, 0.05) is 19.6 Å². The van der Waals surface area contributed by atoms with Crippen LogP contribution in [-0.4, -0.2) is 64.6 Å². The fourth-order valence-corrected chi connectivity index (χ4v) is 2.98. The van der Waals surface area contributed by atoms with Crippen LogP contribution in [0.2, 0.25) is 0 Å². The minimum atomic E-state index is -0.714. The standard InChI is InChI=1S/C18H24FN3O3/c1-4-20(5-2)16(23)12-22-13(3)18(25)21(11-17(22)24)10-14-7-6-8-15(19)9-14/h6-9,13H,4-5,10-12H2,1-3H3/t13-/m0/s1. The van der Waals surface area contributed by atoms with Gasteiger partial charge in [0.2, 0.25) is 17.7 Å². The minimum Gasteiger partial charge on any atom is -0.342 e. The Kier molecular flexibility index (Phi) is 6.12. The van der Waals surface area contributed by atoms with Crippen molar-refractivity contribution in [1.82, 2.24) is 14.7 Å². The van der Waals surface area contributed by atoms with Gasteiger partial charge >= 0.3 is 0 Å². The molecule has 1 fully saturated rings. The van der Waals surface area contributed by atoms with Crippen LogP contribution in [0.1, 0.15) is 26.3 Å². The van der Waals surface area contributed by atoms with E-state index in [2.05, 4.69) is 0 Å². The van der Waals surface area contributed by atoms with E-state index in [-0.39, 0.29) is 43.2 Å². The SMILES string of the molecule is CCN(CC)C(=O)CN1C(=O)CN(Cc2cccc(F)c2)C(=O)[C@@H]1C. The van der Waals surface area contributed by atoms with Crippen molar-refractivity contribution in [1.29, 1.82) is 0 Å². The minimum absolute atomic E-state index is 0.0960. The quantitative estimate of drug-likeness (QED) is 0.777. The van der Waals surface area contributed by atoms with E-state index in [4.69, 9.17) is 0 Å². The molecule has 6 nitrogen and oxygen atoms in total. The molecule has 1 aromatic rings. The smallest absolute Gasteiger partial charge is 0.245 e. The molecule has 2 rings (SSSR count). The molecule has 1 aliphatic heterocycles. The molecule has 25 heavy (non-hydrogen) atoms. The first-order valence-corrected chi connectivity index (χ1v) is 8.47. The highest BCUT2D eigenvalue weighted by atomic mass is 19.1. The lowest BCUT2D eigenvalue weighted by atomic mass is 10.1. The molecular weight excluding hydrogens is 325 g/mol. The van der Waals surface area contributed by atoms with Gasteiger partial charge in [-0.15, -0.1) is 0 Å². The Morgan fingerprint density at radius 2 is 1.96 bits per heavy atom. The van der Waals surface area contributed by atoms with Gasteiger partial charge in [-0.3, -0.25) is 14.4 Å². The van der Waals surface area contributed by atoms with Gasteiger partial charge in [-0.25, -0.2) is 4.39 Å². The summed E-state index contributed by atoms with van der Waals surface area (Å²) in [4.78, 5) is 41.6. The molecule has 0 aromatic heterocycles. The molecule has 3 amide bonds. The maximum atomic E-state index is 13.3. The van der Waals surface area contributed by atoms with Crippen LogP contribution in [0.4, 0.5) is 4.39 Å². The Hall–Kier alpha value is -2.44. The molecule has 7 heteroatoms. The Morgan fingerprint density at radius 1 is 1.28 bits per heavy atom. The number of halogens is 1. The van der Waals surface area contributed by atoms with Gasteiger partial charge in [0.25, 0.3) is 0 Å². The molecular formula is C18H24FN3O3. The molecule has 0 unspecified atom stereocenters. The lowest BCUT2D eigenvalue weighted by Crippen LogP contribution is -2.60. The molecule has 136 valence electrons. The predicted molar refractivity (Wildman–Crippen MR) is 90.9 cm³/mol. The van der Waals surface area contributed by atoms with Gasteiger partial charge in [0.1, 0.15) is 24.9 Å². The van der Waals surface area contributed by atoms with E-state index in [1.54, 1.807) is 24.0 Å². The number of carbonyl (C=O) groups is 3. The molecule has 1 aromatic carbocycles. The van der Waals surface area contributed by atoms with Crippen LogP contribution in [0.5, 0.6) is 0 Å². The highest BCUT2D eigenvalue weighted by Gasteiger charge is 2.37. The zero-order chi connectivity index (χ0) is 18.6. The summed E-state index contributed by atoms with van der Waals surface area (Å²) in [6.45, 7) is 6.45. The third-order valence-electron chi connectivity index (χ3n) is 4.47. The van der Waals surface area contributed by atoms with Crippen molar-refractivity contribution >= 4 is 17.7 Å². The number of piperazine rings is 1. The van der Waals surface area contributed by atoms with Crippen molar-refractivity contribution in [2.45, 2.75) is 33.4 Å². The average molecular weight is 349 g/mol. The second-order valence-corrected chi connectivity index (χ2v) is 6.09. The number of hydrogen-bond acceptors (Lipinski definition) is 3. The van der Waals surface area contributed by atoms with Crippen LogP contribution in [-0.2, 0) is 20.9 Å². The number of rotatable bonds is 6. The van der Waals surface area contributed by atoms with E-state index in [1.165, 1.54) is 21.9 Å². The first kappa shape index (κ1) is 18.9. The lowest BCUT2D eigenvalue weighted by Gasteiger charge is -2.39. The lowest BCUT2D eigenvalue weighted by molar-refractivity contribution is -0.158. The van der Waals surface area contributed by atoms with Crippen LogP contribution in [0, 0.1) is 5.82 Å². The first-order valence-electron chi connectivity index (χ1n) is 8.47. The van der Waals surface area contributed by atoms with E-state index in [1.807, 2.05) is 13.8 Å². The largest absolute Gasteiger partial charge is 0.342 e. The summed E-state index contributed by atoms with van der Waals surface area (Å²) in [7, 11) is 0. The number of hydrogen-bond donors (Lipinski definition) is 0. The zero-order valence-corrected chi connectivity index (χ0v) is 14.9. The first-order chi connectivity index (χ1) is 11.9.